The van der Waals surface area contributed by atoms with Gasteiger partial charge in [-0.1, -0.05) is 0 Å². The van der Waals surface area contributed by atoms with Gasteiger partial charge in [-0.25, -0.2) is 0 Å². The van der Waals surface area contributed by atoms with Gasteiger partial charge in [-0.2, -0.15) is 0 Å². The van der Waals surface area contributed by atoms with Gasteiger partial charge in [-0.3, -0.25) is 4.79 Å². The van der Waals surface area contributed by atoms with Crippen LogP contribution in [0.3, 0.4) is 0 Å². The fourth-order valence-corrected chi connectivity index (χ4v) is 2.64. The number of carbonyl (C=O) groups excluding carboxylic acids is 1. The van der Waals surface area contributed by atoms with Crippen LogP contribution < -0.4 is 5.32 Å². The van der Waals surface area contributed by atoms with Crippen LogP contribution >= 0.6 is 0 Å². The summed E-state index contributed by atoms with van der Waals surface area (Å²) in [6.07, 6.45) is 2.36. The summed E-state index contributed by atoms with van der Waals surface area (Å²) in [5, 5.41) is 3.51. The van der Waals surface area contributed by atoms with Gasteiger partial charge in [0.1, 0.15) is 0 Å². The highest BCUT2D eigenvalue weighted by atomic mass is 16.2. The van der Waals surface area contributed by atoms with Crippen LogP contribution in [0.1, 0.15) is 12.8 Å². The first kappa shape index (κ1) is 10.9. The zero-order chi connectivity index (χ0) is 10.8. The number of fused-ring (bicyclic) bond motifs is 1. The van der Waals surface area contributed by atoms with Gasteiger partial charge in [0.05, 0.1) is 6.54 Å². The molecule has 0 bridgehead atoms. The van der Waals surface area contributed by atoms with Gasteiger partial charge in [0, 0.05) is 19.1 Å². The second-order valence-corrected chi connectivity index (χ2v) is 4.98. The summed E-state index contributed by atoms with van der Waals surface area (Å²) < 4.78 is 0. The second-order valence-electron chi connectivity index (χ2n) is 4.98. The highest BCUT2D eigenvalue weighted by Gasteiger charge is 2.34. The van der Waals surface area contributed by atoms with E-state index in [1.54, 1.807) is 0 Å². The molecule has 2 aliphatic rings. The van der Waals surface area contributed by atoms with E-state index >= 15 is 0 Å². The lowest BCUT2D eigenvalue weighted by molar-refractivity contribution is -0.133. The predicted molar refractivity (Wildman–Crippen MR) is 59.6 cm³/mol. The van der Waals surface area contributed by atoms with Crippen molar-refractivity contribution < 1.29 is 4.79 Å². The molecular formula is C11H21N3O. The molecule has 2 saturated heterocycles. The average Bonchev–Trinajstić information content (AvgIpc) is 2.62. The fraction of sp³-hybridized carbons (Fsp3) is 0.909. The summed E-state index contributed by atoms with van der Waals surface area (Å²) >= 11 is 0. The largest absolute Gasteiger partial charge is 0.341 e. The van der Waals surface area contributed by atoms with Crippen molar-refractivity contribution in [1.82, 2.24) is 15.1 Å². The first-order valence-electron chi connectivity index (χ1n) is 5.82. The van der Waals surface area contributed by atoms with Crippen molar-refractivity contribution in [2.75, 3.05) is 40.3 Å². The summed E-state index contributed by atoms with van der Waals surface area (Å²) in [5.41, 5.74) is 0. The zero-order valence-corrected chi connectivity index (χ0v) is 9.70. The molecule has 4 nitrogen and oxygen atoms in total. The minimum atomic E-state index is 0.283. The smallest absolute Gasteiger partial charge is 0.236 e. The number of piperidine rings is 1. The summed E-state index contributed by atoms with van der Waals surface area (Å²) in [4.78, 5) is 15.8. The molecule has 2 rings (SSSR count). The first-order valence-corrected chi connectivity index (χ1v) is 5.82. The Labute approximate surface area is 91.6 Å². The van der Waals surface area contributed by atoms with Gasteiger partial charge in [0.15, 0.2) is 0 Å². The number of hydrogen-bond acceptors (Lipinski definition) is 3. The lowest BCUT2D eigenvalue weighted by atomic mass is 9.93. The van der Waals surface area contributed by atoms with E-state index in [-0.39, 0.29) is 5.91 Å². The van der Waals surface area contributed by atoms with Crippen LogP contribution in [0.25, 0.3) is 0 Å². The molecule has 0 aliphatic carbocycles. The molecule has 1 amide bonds. The molecule has 2 unspecified atom stereocenters. The fourth-order valence-electron chi connectivity index (χ4n) is 2.64. The Bertz CT molecular complexity index is 242. The monoisotopic (exact) mass is 211 g/mol. The van der Waals surface area contributed by atoms with Gasteiger partial charge in [-0.05, 0) is 39.4 Å². The number of nitrogens with one attached hydrogen (secondary N) is 1. The maximum absolute atomic E-state index is 11.9. The maximum atomic E-state index is 11.9. The predicted octanol–water partition coefficient (Wildman–Crippen LogP) is -0.242. The summed E-state index contributed by atoms with van der Waals surface area (Å²) in [5.74, 6) is 0.982. The maximum Gasteiger partial charge on any atom is 0.236 e. The second kappa shape index (κ2) is 4.49. The van der Waals surface area contributed by atoms with Crippen LogP contribution in [-0.4, -0.2) is 62.0 Å². The van der Waals surface area contributed by atoms with E-state index in [0.29, 0.717) is 18.5 Å². The third-order valence-corrected chi connectivity index (χ3v) is 3.46. The third-order valence-electron chi connectivity index (χ3n) is 3.46. The number of likely N-dealkylation sites (tertiary alicyclic amines) is 1. The van der Waals surface area contributed by atoms with Gasteiger partial charge in [-0.15, -0.1) is 0 Å². The molecule has 0 saturated carbocycles. The first-order chi connectivity index (χ1) is 7.16. The Hall–Kier alpha value is -0.610. The van der Waals surface area contributed by atoms with Gasteiger partial charge < -0.3 is 15.1 Å². The number of amides is 1. The summed E-state index contributed by atoms with van der Waals surface area (Å²) in [7, 11) is 3.89. The van der Waals surface area contributed by atoms with Crippen LogP contribution in [0.4, 0.5) is 0 Å². The minimum Gasteiger partial charge on any atom is -0.341 e. The van der Waals surface area contributed by atoms with Crippen LogP contribution in [0, 0.1) is 5.92 Å². The lowest BCUT2D eigenvalue weighted by Gasteiger charge is -2.35. The van der Waals surface area contributed by atoms with E-state index < -0.39 is 0 Å². The molecule has 0 aromatic heterocycles. The number of nitrogens with zero attached hydrogens (tertiary/aromatic N) is 2. The number of hydrogen-bond donors (Lipinski definition) is 1. The van der Waals surface area contributed by atoms with E-state index in [1.165, 1.54) is 6.42 Å². The summed E-state index contributed by atoms with van der Waals surface area (Å²) in [6.45, 7) is 3.57. The van der Waals surface area contributed by atoms with Crippen molar-refractivity contribution in [1.29, 1.82) is 0 Å². The Morgan fingerprint density at radius 3 is 3.00 bits per heavy atom. The lowest BCUT2D eigenvalue weighted by Crippen LogP contribution is -2.49. The Morgan fingerprint density at radius 1 is 1.47 bits per heavy atom. The van der Waals surface area contributed by atoms with Crippen molar-refractivity contribution in [3.05, 3.63) is 0 Å². The molecule has 2 aliphatic heterocycles. The Morgan fingerprint density at radius 2 is 2.27 bits per heavy atom. The zero-order valence-electron chi connectivity index (χ0n) is 9.70. The molecule has 0 spiro atoms. The number of carbonyl (C=O) groups is 1. The normalized spacial score (nSPS) is 30.7. The number of rotatable bonds is 2. The van der Waals surface area contributed by atoms with E-state index in [9.17, 15) is 4.79 Å². The minimum absolute atomic E-state index is 0.283. The topological polar surface area (TPSA) is 35.6 Å². The third kappa shape index (κ3) is 2.49. The van der Waals surface area contributed by atoms with E-state index in [1.807, 2.05) is 23.9 Å². The van der Waals surface area contributed by atoms with Crippen molar-refractivity contribution in [3.63, 3.8) is 0 Å². The quantitative estimate of drug-likeness (QED) is 0.684. The van der Waals surface area contributed by atoms with E-state index in [0.717, 1.165) is 26.1 Å². The molecule has 2 heterocycles. The molecule has 2 atom stereocenters. The molecule has 1 N–H and O–H groups in total. The van der Waals surface area contributed by atoms with Crippen molar-refractivity contribution in [3.8, 4) is 0 Å². The highest BCUT2D eigenvalue weighted by Crippen LogP contribution is 2.24. The van der Waals surface area contributed by atoms with Crippen LogP contribution in [0.2, 0.25) is 0 Å². The average molecular weight is 211 g/mol. The van der Waals surface area contributed by atoms with E-state index in [2.05, 4.69) is 5.32 Å². The van der Waals surface area contributed by atoms with Gasteiger partial charge in [0.25, 0.3) is 0 Å². The van der Waals surface area contributed by atoms with Crippen molar-refractivity contribution in [2.45, 2.75) is 18.9 Å². The molecule has 0 aromatic rings. The molecular weight excluding hydrogens is 190 g/mol. The molecule has 2 fully saturated rings. The van der Waals surface area contributed by atoms with Crippen LogP contribution in [-0.2, 0) is 4.79 Å². The van der Waals surface area contributed by atoms with Gasteiger partial charge >= 0.3 is 0 Å². The summed E-state index contributed by atoms with van der Waals surface area (Å²) in [6, 6.07) is 0.674. The van der Waals surface area contributed by atoms with Crippen LogP contribution in [0.5, 0.6) is 0 Å². The molecule has 86 valence electrons. The molecule has 15 heavy (non-hydrogen) atoms. The molecule has 4 heteroatoms. The van der Waals surface area contributed by atoms with Crippen molar-refractivity contribution in [2.24, 2.45) is 5.92 Å². The highest BCUT2D eigenvalue weighted by molar-refractivity contribution is 5.78. The Balaban J connectivity index is 1.86. The molecule has 0 radical (unpaired) electrons. The SMILES string of the molecule is CN(C)CC(=O)N1CCC2NCCC2C1. The standard InChI is InChI=1S/C11H21N3O/c1-13(2)8-11(15)14-6-4-10-9(7-14)3-5-12-10/h9-10,12H,3-8H2,1-2H3. The van der Waals surface area contributed by atoms with Gasteiger partial charge in [0.2, 0.25) is 5.91 Å². The van der Waals surface area contributed by atoms with Crippen molar-refractivity contribution >= 4 is 5.91 Å². The Kier molecular flexibility index (Phi) is 3.26. The molecule has 0 aromatic carbocycles. The van der Waals surface area contributed by atoms with Crippen LogP contribution in [0.15, 0.2) is 0 Å². The number of likely N-dealkylation sites (N-methyl/N-ethyl adjacent to an activating group) is 1. The van der Waals surface area contributed by atoms with E-state index in [4.69, 9.17) is 0 Å².